The van der Waals surface area contributed by atoms with Gasteiger partial charge in [0.25, 0.3) is 0 Å². The van der Waals surface area contributed by atoms with Crippen molar-refractivity contribution in [2.45, 2.75) is 31.9 Å². The van der Waals surface area contributed by atoms with Gasteiger partial charge in [-0.2, -0.15) is 0 Å². The van der Waals surface area contributed by atoms with Gasteiger partial charge in [-0.05, 0) is 20.8 Å². The quantitative estimate of drug-likeness (QED) is 0.543. The number of esters is 1. The maximum atomic E-state index is 11.0. The van der Waals surface area contributed by atoms with E-state index in [1.54, 1.807) is 0 Å². The normalized spacial score (nSPS) is 17.3. The molecule has 1 atom stereocenters. The molecule has 11 heavy (non-hydrogen) atoms. The monoisotopic (exact) mass is 161 g/mol. The van der Waals surface area contributed by atoms with Gasteiger partial charge in [0, 0.05) is 0 Å². The standard InChI is InChI=1S/C7H15NO3/c1-6(2,10)7(3,8)5(9)11-4/h10H,8H2,1-4H3/t7-/m0/s1. The van der Waals surface area contributed by atoms with Crippen LogP contribution < -0.4 is 5.73 Å². The zero-order valence-electron chi connectivity index (χ0n) is 7.34. The smallest absolute Gasteiger partial charge is 0.328 e. The van der Waals surface area contributed by atoms with Crippen LogP contribution in [0.1, 0.15) is 20.8 Å². The van der Waals surface area contributed by atoms with Gasteiger partial charge in [-0.15, -0.1) is 0 Å². The maximum Gasteiger partial charge on any atom is 0.328 e. The number of rotatable bonds is 2. The van der Waals surface area contributed by atoms with E-state index in [2.05, 4.69) is 4.74 Å². The van der Waals surface area contributed by atoms with E-state index in [-0.39, 0.29) is 0 Å². The van der Waals surface area contributed by atoms with Crippen molar-refractivity contribution in [3.63, 3.8) is 0 Å². The molecule has 0 aliphatic heterocycles. The van der Waals surface area contributed by atoms with Gasteiger partial charge < -0.3 is 15.6 Å². The lowest BCUT2D eigenvalue weighted by Crippen LogP contribution is -2.61. The van der Waals surface area contributed by atoms with Gasteiger partial charge >= 0.3 is 5.97 Å². The number of aliphatic hydroxyl groups is 1. The minimum Gasteiger partial charge on any atom is -0.468 e. The fraction of sp³-hybridized carbons (Fsp3) is 0.857. The second-order valence-corrected chi connectivity index (χ2v) is 3.25. The Hall–Kier alpha value is -0.610. The van der Waals surface area contributed by atoms with Crippen molar-refractivity contribution >= 4 is 5.97 Å². The highest BCUT2D eigenvalue weighted by atomic mass is 16.5. The van der Waals surface area contributed by atoms with E-state index in [4.69, 9.17) is 5.73 Å². The second kappa shape index (κ2) is 2.79. The molecule has 4 nitrogen and oxygen atoms in total. The van der Waals surface area contributed by atoms with Crippen molar-refractivity contribution in [1.82, 2.24) is 0 Å². The van der Waals surface area contributed by atoms with Crippen LogP contribution in [0.4, 0.5) is 0 Å². The van der Waals surface area contributed by atoms with Gasteiger partial charge in [0.1, 0.15) is 5.54 Å². The molecule has 0 spiro atoms. The number of nitrogens with two attached hydrogens (primary N) is 1. The predicted octanol–water partition coefficient (Wildman–Crippen LogP) is -0.352. The highest BCUT2D eigenvalue weighted by Gasteiger charge is 2.43. The average Bonchev–Trinajstić information content (AvgIpc) is 1.83. The summed E-state index contributed by atoms with van der Waals surface area (Å²) in [6.07, 6.45) is 0. The Balaban J connectivity index is 4.59. The summed E-state index contributed by atoms with van der Waals surface area (Å²) in [7, 11) is 1.24. The lowest BCUT2D eigenvalue weighted by molar-refractivity contribution is -0.155. The van der Waals surface area contributed by atoms with Gasteiger partial charge in [-0.3, -0.25) is 0 Å². The Morgan fingerprint density at radius 3 is 1.91 bits per heavy atom. The number of carbonyl (C=O) groups is 1. The maximum absolute atomic E-state index is 11.0. The number of methoxy groups -OCH3 is 1. The molecule has 0 aliphatic rings. The number of hydrogen-bond acceptors (Lipinski definition) is 4. The van der Waals surface area contributed by atoms with Gasteiger partial charge in [0.05, 0.1) is 12.7 Å². The highest BCUT2D eigenvalue weighted by molar-refractivity contribution is 5.81. The van der Waals surface area contributed by atoms with E-state index in [0.717, 1.165) is 0 Å². The Labute approximate surface area is 66.3 Å². The van der Waals surface area contributed by atoms with Gasteiger partial charge in [0.2, 0.25) is 0 Å². The van der Waals surface area contributed by atoms with E-state index >= 15 is 0 Å². The summed E-state index contributed by atoms with van der Waals surface area (Å²) in [6, 6.07) is 0. The Morgan fingerprint density at radius 1 is 1.45 bits per heavy atom. The third-order valence-corrected chi connectivity index (χ3v) is 1.88. The van der Waals surface area contributed by atoms with Crippen LogP contribution >= 0.6 is 0 Å². The van der Waals surface area contributed by atoms with Crippen molar-refractivity contribution in [3.8, 4) is 0 Å². The van der Waals surface area contributed by atoms with Crippen LogP contribution in [-0.2, 0) is 9.53 Å². The first-order valence-corrected chi connectivity index (χ1v) is 3.33. The summed E-state index contributed by atoms with van der Waals surface area (Å²) in [5, 5.41) is 9.42. The molecule has 0 unspecified atom stereocenters. The van der Waals surface area contributed by atoms with Crippen LogP contribution in [0.3, 0.4) is 0 Å². The molecule has 0 rings (SSSR count). The Kier molecular flexibility index (Phi) is 2.64. The molecular weight excluding hydrogens is 146 g/mol. The molecule has 0 saturated carbocycles. The van der Waals surface area contributed by atoms with Crippen LogP contribution in [0.2, 0.25) is 0 Å². The fourth-order valence-electron chi connectivity index (χ4n) is 0.462. The zero-order chi connectivity index (χ0) is 9.28. The van der Waals surface area contributed by atoms with E-state index in [0.29, 0.717) is 0 Å². The molecule has 66 valence electrons. The third kappa shape index (κ3) is 1.91. The molecule has 0 aliphatic carbocycles. The van der Waals surface area contributed by atoms with Crippen LogP contribution in [0.15, 0.2) is 0 Å². The summed E-state index contributed by atoms with van der Waals surface area (Å²) in [4.78, 5) is 11.0. The van der Waals surface area contributed by atoms with E-state index in [1.807, 2.05) is 0 Å². The first-order chi connectivity index (χ1) is 4.73. The molecule has 3 N–H and O–H groups in total. The third-order valence-electron chi connectivity index (χ3n) is 1.88. The molecule has 0 bridgehead atoms. The second-order valence-electron chi connectivity index (χ2n) is 3.25. The molecule has 0 saturated heterocycles. The molecule has 4 heteroatoms. The summed E-state index contributed by atoms with van der Waals surface area (Å²) >= 11 is 0. The van der Waals surface area contributed by atoms with Crippen molar-refractivity contribution in [3.05, 3.63) is 0 Å². The van der Waals surface area contributed by atoms with Crippen molar-refractivity contribution in [1.29, 1.82) is 0 Å². The predicted molar refractivity (Wildman–Crippen MR) is 40.9 cm³/mol. The average molecular weight is 161 g/mol. The molecule has 0 heterocycles. The lowest BCUT2D eigenvalue weighted by atomic mass is 9.85. The summed E-state index contributed by atoms with van der Waals surface area (Å²) in [5.41, 5.74) is 2.89. The molecule has 0 aromatic rings. The van der Waals surface area contributed by atoms with Crippen LogP contribution in [0.5, 0.6) is 0 Å². The van der Waals surface area contributed by atoms with E-state index in [9.17, 15) is 9.90 Å². The minimum absolute atomic E-state index is 0.620. The van der Waals surface area contributed by atoms with Crippen molar-refractivity contribution in [2.24, 2.45) is 5.73 Å². The number of hydrogen-bond donors (Lipinski definition) is 2. The van der Waals surface area contributed by atoms with Crippen molar-refractivity contribution < 1.29 is 14.6 Å². The number of ether oxygens (including phenoxy) is 1. The van der Waals surface area contributed by atoms with E-state index in [1.165, 1.54) is 27.9 Å². The lowest BCUT2D eigenvalue weighted by Gasteiger charge is -2.33. The van der Waals surface area contributed by atoms with E-state index < -0.39 is 17.1 Å². The highest BCUT2D eigenvalue weighted by Crippen LogP contribution is 2.19. The molecule has 0 aromatic carbocycles. The molecule has 0 fully saturated rings. The Morgan fingerprint density at radius 2 is 1.82 bits per heavy atom. The molecule has 0 radical (unpaired) electrons. The Bertz CT molecular complexity index is 158. The number of carbonyl (C=O) groups excluding carboxylic acids is 1. The van der Waals surface area contributed by atoms with Gasteiger partial charge in [-0.25, -0.2) is 4.79 Å². The van der Waals surface area contributed by atoms with Crippen LogP contribution in [-0.4, -0.2) is 29.3 Å². The summed E-state index contributed by atoms with van der Waals surface area (Å²) in [6.45, 7) is 4.35. The van der Waals surface area contributed by atoms with Crippen LogP contribution in [0.25, 0.3) is 0 Å². The van der Waals surface area contributed by atoms with Crippen LogP contribution in [0, 0.1) is 0 Å². The van der Waals surface area contributed by atoms with Gasteiger partial charge in [0.15, 0.2) is 0 Å². The zero-order valence-corrected chi connectivity index (χ0v) is 7.34. The SMILES string of the molecule is COC(=O)[C@](C)(N)C(C)(C)O. The minimum atomic E-state index is -1.36. The molecular formula is C7H15NO3. The first kappa shape index (κ1) is 10.4. The van der Waals surface area contributed by atoms with Crippen molar-refractivity contribution in [2.75, 3.05) is 7.11 Å². The fourth-order valence-corrected chi connectivity index (χ4v) is 0.462. The summed E-state index contributed by atoms with van der Waals surface area (Å²) < 4.78 is 4.42. The first-order valence-electron chi connectivity index (χ1n) is 3.33. The van der Waals surface area contributed by atoms with Gasteiger partial charge in [-0.1, -0.05) is 0 Å². The topological polar surface area (TPSA) is 72.5 Å². The largest absolute Gasteiger partial charge is 0.468 e. The molecule has 0 amide bonds. The molecule has 0 aromatic heterocycles. The summed E-state index contributed by atoms with van der Waals surface area (Å²) in [5.74, 6) is -0.620.